The zero-order valence-corrected chi connectivity index (χ0v) is 15.7. The van der Waals surface area contributed by atoms with E-state index in [4.69, 9.17) is 4.74 Å². The summed E-state index contributed by atoms with van der Waals surface area (Å²) in [7, 11) is 1.82. The molecule has 1 aliphatic rings. The van der Waals surface area contributed by atoms with Gasteiger partial charge in [0.15, 0.2) is 0 Å². The summed E-state index contributed by atoms with van der Waals surface area (Å²) in [5.74, 6) is 0.716. The Morgan fingerprint density at radius 1 is 1.38 bits per heavy atom. The lowest BCUT2D eigenvalue weighted by Gasteiger charge is -2.36. The van der Waals surface area contributed by atoms with Gasteiger partial charge in [0, 0.05) is 39.3 Å². The van der Waals surface area contributed by atoms with Crippen molar-refractivity contribution >= 4 is 11.8 Å². The third kappa shape index (κ3) is 4.95. The van der Waals surface area contributed by atoms with Gasteiger partial charge in [-0.05, 0) is 34.6 Å². The molecule has 7 heteroatoms. The minimum absolute atomic E-state index is 0.115. The molecule has 0 aromatic carbocycles. The van der Waals surface area contributed by atoms with Gasteiger partial charge in [-0.1, -0.05) is 0 Å². The maximum Gasteiger partial charge on any atom is 0.322 e. The van der Waals surface area contributed by atoms with Crippen LogP contribution in [0.15, 0.2) is 12.3 Å². The summed E-state index contributed by atoms with van der Waals surface area (Å²) in [6.07, 6.45) is 2.19. The van der Waals surface area contributed by atoms with Gasteiger partial charge in [-0.2, -0.15) is 5.10 Å². The molecule has 0 bridgehead atoms. The van der Waals surface area contributed by atoms with E-state index in [2.05, 4.69) is 49.9 Å². The molecule has 2 rings (SSSR count). The molecule has 2 atom stereocenters. The molecule has 0 unspecified atom stereocenters. The van der Waals surface area contributed by atoms with Crippen molar-refractivity contribution in [2.24, 2.45) is 0 Å². The molecule has 1 aliphatic heterocycles. The van der Waals surface area contributed by atoms with Gasteiger partial charge in [-0.15, -0.1) is 0 Å². The van der Waals surface area contributed by atoms with Crippen molar-refractivity contribution in [3.05, 3.63) is 12.3 Å². The molecular weight excluding hydrogens is 306 g/mol. The van der Waals surface area contributed by atoms with Crippen LogP contribution in [0.4, 0.5) is 10.6 Å². The Labute approximate surface area is 144 Å². The van der Waals surface area contributed by atoms with E-state index in [-0.39, 0.29) is 23.8 Å². The minimum Gasteiger partial charge on any atom is -0.373 e. The van der Waals surface area contributed by atoms with Gasteiger partial charge in [0.05, 0.1) is 23.9 Å². The highest BCUT2D eigenvalue weighted by Crippen LogP contribution is 2.19. The van der Waals surface area contributed by atoms with E-state index in [1.54, 1.807) is 11.1 Å². The highest BCUT2D eigenvalue weighted by atomic mass is 16.5. The van der Waals surface area contributed by atoms with E-state index in [0.717, 1.165) is 19.6 Å². The third-order valence-corrected chi connectivity index (χ3v) is 4.11. The molecule has 0 saturated carbocycles. The average Bonchev–Trinajstić information content (AvgIpc) is 2.92. The number of rotatable bonds is 4. The first kappa shape index (κ1) is 18.7. The Balaban J connectivity index is 1.86. The fourth-order valence-corrected chi connectivity index (χ4v) is 3.00. The van der Waals surface area contributed by atoms with Crippen LogP contribution < -0.4 is 5.32 Å². The summed E-state index contributed by atoms with van der Waals surface area (Å²) in [5, 5.41) is 7.24. The number of hydrogen-bond acceptors (Lipinski definition) is 4. The molecule has 1 fully saturated rings. The van der Waals surface area contributed by atoms with Crippen LogP contribution in [0.2, 0.25) is 0 Å². The molecule has 0 radical (unpaired) electrons. The first-order chi connectivity index (χ1) is 11.2. The van der Waals surface area contributed by atoms with E-state index in [0.29, 0.717) is 12.4 Å². The maximum absolute atomic E-state index is 12.4. The van der Waals surface area contributed by atoms with Gasteiger partial charge in [-0.25, -0.2) is 9.48 Å². The molecule has 0 aliphatic carbocycles. The molecular formula is C17H31N5O2. The van der Waals surface area contributed by atoms with Crippen LogP contribution in [0.5, 0.6) is 0 Å². The minimum atomic E-state index is -0.176. The van der Waals surface area contributed by atoms with Crippen LogP contribution in [-0.2, 0) is 10.3 Å². The first-order valence-electron chi connectivity index (χ1n) is 8.61. The summed E-state index contributed by atoms with van der Waals surface area (Å²) >= 11 is 0. The molecule has 0 spiro atoms. The van der Waals surface area contributed by atoms with E-state index in [9.17, 15) is 4.79 Å². The van der Waals surface area contributed by atoms with E-state index in [1.165, 1.54) is 0 Å². The lowest BCUT2D eigenvalue weighted by atomic mass is 10.1. The predicted octanol–water partition coefficient (Wildman–Crippen LogP) is 2.21. The molecule has 2 amide bonds. The quantitative estimate of drug-likeness (QED) is 0.915. The lowest BCUT2D eigenvalue weighted by molar-refractivity contribution is -0.0684. The highest BCUT2D eigenvalue weighted by molar-refractivity contribution is 5.88. The second-order valence-corrected chi connectivity index (χ2v) is 7.67. The molecule has 1 aromatic rings. The van der Waals surface area contributed by atoms with Crippen LogP contribution >= 0.6 is 0 Å². The number of morpholine rings is 1. The van der Waals surface area contributed by atoms with Crippen molar-refractivity contribution in [1.29, 1.82) is 0 Å². The number of ether oxygens (including phenoxy) is 1. The third-order valence-electron chi connectivity index (χ3n) is 4.11. The Morgan fingerprint density at radius 2 is 2.00 bits per heavy atom. The van der Waals surface area contributed by atoms with Crippen LogP contribution in [0.1, 0.15) is 34.6 Å². The number of nitrogens with zero attached hydrogens (tertiary/aromatic N) is 4. The maximum atomic E-state index is 12.4. The summed E-state index contributed by atoms with van der Waals surface area (Å²) in [6, 6.07) is 1.71. The Morgan fingerprint density at radius 3 is 2.58 bits per heavy atom. The predicted molar refractivity (Wildman–Crippen MR) is 95.3 cm³/mol. The summed E-state index contributed by atoms with van der Waals surface area (Å²) < 4.78 is 7.57. The number of carbonyl (C=O) groups excluding carboxylic acids is 1. The monoisotopic (exact) mass is 337 g/mol. The highest BCUT2D eigenvalue weighted by Gasteiger charge is 2.23. The zero-order valence-electron chi connectivity index (χ0n) is 15.7. The Bertz CT molecular complexity index is 541. The number of carbonyl (C=O) groups is 1. The average molecular weight is 337 g/mol. The van der Waals surface area contributed by atoms with Gasteiger partial charge in [-0.3, -0.25) is 10.2 Å². The van der Waals surface area contributed by atoms with Crippen molar-refractivity contribution < 1.29 is 9.53 Å². The van der Waals surface area contributed by atoms with Crippen LogP contribution in [0.3, 0.4) is 0 Å². The molecule has 7 nitrogen and oxygen atoms in total. The van der Waals surface area contributed by atoms with Gasteiger partial charge in [0.1, 0.15) is 5.82 Å². The number of amides is 2. The molecule has 2 heterocycles. The Kier molecular flexibility index (Phi) is 5.87. The second-order valence-electron chi connectivity index (χ2n) is 7.67. The first-order valence-corrected chi connectivity index (χ1v) is 8.61. The Hall–Kier alpha value is -1.60. The molecule has 1 saturated heterocycles. The van der Waals surface area contributed by atoms with Crippen LogP contribution in [0.25, 0.3) is 0 Å². The lowest BCUT2D eigenvalue weighted by Crippen LogP contribution is -2.48. The number of urea groups is 1. The van der Waals surface area contributed by atoms with E-state index < -0.39 is 0 Å². The molecule has 1 aromatic heterocycles. The van der Waals surface area contributed by atoms with Crippen molar-refractivity contribution in [2.75, 3.05) is 38.5 Å². The van der Waals surface area contributed by atoms with Crippen molar-refractivity contribution in [3.8, 4) is 0 Å². The number of anilines is 1. The standard InChI is InChI=1S/C17H31N5O2/c1-13-11-21(12-14(2)24-13)10-9-20(6)16(23)19-15-7-8-18-22(15)17(3,4)5/h7-8,13-14H,9-12H2,1-6H3,(H,19,23)/t13-,14+. The molecule has 24 heavy (non-hydrogen) atoms. The second kappa shape index (κ2) is 7.53. The van der Waals surface area contributed by atoms with Crippen LogP contribution in [-0.4, -0.2) is 71.0 Å². The topological polar surface area (TPSA) is 62.6 Å². The normalized spacial score (nSPS) is 22.4. The summed E-state index contributed by atoms with van der Waals surface area (Å²) in [6.45, 7) is 13.7. The SMILES string of the molecule is C[C@@H]1CN(CCN(C)C(=O)Nc2ccnn2C(C)(C)C)C[C@H](C)O1. The number of likely N-dealkylation sites (N-methyl/N-ethyl adjacent to an activating group) is 1. The smallest absolute Gasteiger partial charge is 0.322 e. The molecule has 136 valence electrons. The van der Waals surface area contributed by atoms with Crippen molar-refractivity contribution in [2.45, 2.75) is 52.4 Å². The van der Waals surface area contributed by atoms with Gasteiger partial charge in [0.2, 0.25) is 0 Å². The van der Waals surface area contributed by atoms with Crippen molar-refractivity contribution in [3.63, 3.8) is 0 Å². The fourth-order valence-electron chi connectivity index (χ4n) is 3.00. The van der Waals surface area contributed by atoms with Gasteiger partial charge < -0.3 is 9.64 Å². The largest absolute Gasteiger partial charge is 0.373 e. The van der Waals surface area contributed by atoms with Gasteiger partial charge >= 0.3 is 6.03 Å². The zero-order chi connectivity index (χ0) is 17.9. The van der Waals surface area contributed by atoms with Crippen LogP contribution in [0, 0.1) is 0 Å². The number of hydrogen-bond donors (Lipinski definition) is 1. The fraction of sp³-hybridized carbons (Fsp3) is 0.765. The summed E-state index contributed by atoms with van der Waals surface area (Å²) in [4.78, 5) is 16.5. The van der Waals surface area contributed by atoms with E-state index >= 15 is 0 Å². The number of nitrogens with one attached hydrogen (secondary N) is 1. The van der Waals surface area contributed by atoms with Gasteiger partial charge in [0.25, 0.3) is 0 Å². The van der Waals surface area contributed by atoms with E-state index in [1.807, 2.05) is 17.8 Å². The number of aromatic nitrogens is 2. The summed E-state index contributed by atoms with van der Waals surface area (Å²) in [5.41, 5.74) is -0.176. The van der Waals surface area contributed by atoms with Crippen molar-refractivity contribution in [1.82, 2.24) is 19.6 Å². The molecule has 1 N–H and O–H groups in total.